The molecule has 0 bridgehead atoms. The van der Waals surface area contributed by atoms with Gasteiger partial charge in [-0.05, 0) is 49.8 Å². The lowest BCUT2D eigenvalue weighted by Gasteiger charge is -2.23. The topological polar surface area (TPSA) is 146 Å². The number of para-hydroxylation sites is 1. The number of anilines is 1. The van der Waals surface area contributed by atoms with Crippen LogP contribution in [0.1, 0.15) is 48.6 Å². The zero-order valence-corrected chi connectivity index (χ0v) is 22.8. The summed E-state index contributed by atoms with van der Waals surface area (Å²) in [5.74, 6) is 0.221. The maximum absolute atomic E-state index is 13.3. The van der Waals surface area contributed by atoms with Crippen molar-refractivity contribution < 1.29 is 35.9 Å². The Morgan fingerprint density at radius 2 is 1.88 bits per heavy atom. The van der Waals surface area contributed by atoms with E-state index in [4.69, 9.17) is 10.8 Å². The van der Waals surface area contributed by atoms with Gasteiger partial charge in [-0.3, -0.25) is 4.79 Å². The summed E-state index contributed by atoms with van der Waals surface area (Å²) in [6, 6.07) is 7.33. The summed E-state index contributed by atoms with van der Waals surface area (Å²) in [6.07, 6.45) is 3.90. The van der Waals surface area contributed by atoms with Gasteiger partial charge >= 0.3 is 12.1 Å². The molecule has 4 aromatic rings. The zero-order valence-electron chi connectivity index (χ0n) is 22.0. The summed E-state index contributed by atoms with van der Waals surface area (Å²) in [6.45, 7) is 0.289. The van der Waals surface area contributed by atoms with E-state index in [-0.39, 0.29) is 46.4 Å². The van der Waals surface area contributed by atoms with Gasteiger partial charge < -0.3 is 19.4 Å². The minimum absolute atomic E-state index is 0.00410. The van der Waals surface area contributed by atoms with Crippen molar-refractivity contribution in [3.8, 4) is 12.3 Å². The average molecular weight is 603 g/mol. The summed E-state index contributed by atoms with van der Waals surface area (Å²) >= 11 is 0. The predicted molar refractivity (Wildman–Crippen MR) is 148 cm³/mol. The fourth-order valence-electron chi connectivity index (χ4n) is 5.26. The van der Waals surface area contributed by atoms with Crippen LogP contribution in [0.15, 0.2) is 45.7 Å². The Morgan fingerprint density at radius 1 is 1.17 bits per heavy atom. The molecule has 0 saturated carbocycles. The molecule has 5 heterocycles. The van der Waals surface area contributed by atoms with Crippen LogP contribution in [0.5, 0.6) is 0 Å². The first-order valence-corrected chi connectivity index (χ1v) is 14.9. The first-order chi connectivity index (χ1) is 19.9. The zero-order chi connectivity index (χ0) is 30.2. The van der Waals surface area contributed by atoms with E-state index >= 15 is 0 Å². The molecule has 10 nitrogen and oxygen atoms in total. The molecular weight excluding hydrogens is 577 g/mol. The first-order valence-electron chi connectivity index (χ1n) is 13.0. The molecule has 2 aliphatic heterocycles. The number of pyridine rings is 1. The lowest BCUT2D eigenvalue weighted by Crippen LogP contribution is -2.37. The van der Waals surface area contributed by atoms with Gasteiger partial charge in [-0.15, -0.1) is 6.42 Å². The van der Waals surface area contributed by atoms with Crippen molar-refractivity contribution >= 4 is 43.7 Å². The second kappa shape index (κ2) is 11.1. The average Bonchev–Trinajstić information content (AvgIpc) is 3.58. The first kappa shape index (κ1) is 29.1. The van der Waals surface area contributed by atoms with Gasteiger partial charge in [0.25, 0.3) is 5.56 Å². The van der Waals surface area contributed by atoms with E-state index in [9.17, 15) is 36.3 Å². The van der Waals surface area contributed by atoms with Crippen molar-refractivity contribution in [1.82, 2.24) is 15.0 Å². The number of alkyl halides is 3. The van der Waals surface area contributed by atoms with Crippen molar-refractivity contribution in [2.45, 2.75) is 43.8 Å². The standard InChI is InChI=1S/C16H12F3N3O3.C12H13NO3S/c17-16(18,19)15-20-11-8-4-1-2-6-10(8)25-12(11)13(21-15)22-7-3-5-9(22)14(23)24;1-2-9-7-11(12(14)13-8-9)10-3-5-17(15,16)6-4-10/h1-2,4,6,9H,3,5,7H2,(H,23,24);1,7-8,10H,3-6H2,(H,13,14)/t9-;/m0./s1. The van der Waals surface area contributed by atoms with E-state index in [2.05, 4.69) is 20.9 Å². The highest BCUT2D eigenvalue weighted by molar-refractivity contribution is 7.91. The Bertz CT molecular complexity index is 1860. The fraction of sp³-hybridized carbons (Fsp3) is 0.357. The summed E-state index contributed by atoms with van der Waals surface area (Å²) in [7, 11) is -2.90. The van der Waals surface area contributed by atoms with Gasteiger partial charge in [-0.2, -0.15) is 13.2 Å². The van der Waals surface area contributed by atoms with Crippen LogP contribution in [0.25, 0.3) is 22.1 Å². The van der Waals surface area contributed by atoms with Crippen LogP contribution in [0, 0.1) is 12.3 Å². The number of hydrogen-bond acceptors (Lipinski definition) is 8. The molecule has 220 valence electrons. The molecule has 6 rings (SSSR count). The van der Waals surface area contributed by atoms with Crippen LogP contribution in [-0.4, -0.2) is 58.5 Å². The fourth-order valence-corrected chi connectivity index (χ4v) is 6.76. The Hall–Kier alpha value is -4.38. The van der Waals surface area contributed by atoms with Crippen LogP contribution < -0.4 is 10.5 Å². The molecule has 0 aliphatic carbocycles. The quantitative estimate of drug-likeness (QED) is 0.331. The van der Waals surface area contributed by atoms with Gasteiger partial charge in [0.15, 0.2) is 11.4 Å². The number of terminal acetylenes is 1. The maximum Gasteiger partial charge on any atom is 0.451 e. The molecule has 2 aliphatic rings. The summed E-state index contributed by atoms with van der Waals surface area (Å²) in [5, 5.41) is 9.78. The van der Waals surface area contributed by atoms with Crippen molar-refractivity contribution in [2.24, 2.45) is 0 Å². The number of carboxylic acid groups (broad SMARTS) is 1. The second-order valence-electron chi connectivity index (χ2n) is 10.1. The smallest absolute Gasteiger partial charge is 0.451 e. The lowest BCUT2D eigenvalue weighted by molar-refractivity contribution is -0.144. The normalized spacial score (nSPS) is 18.9. The number of furan rings is 1. The molecule has 1 atom stereocenters. The number of aliphatic carboxylic acids is 1. The van der Waals surface area contributed by atoms with Crippen molar-refractivity contribution in [3.63, 3.8) is 0 Å². The van der Waals surface area contributed by atoms with Crippen molar-refractivity contribution in [3.05, 3.63) is 63.8 Å². The molecule has 2 saturated heterocycles. The van der Waals surface area contributed by atoms with E-state index in [1.165, 1.54) is 11.1 Å². The maximum atomic E-state index is 13.3. The van der Waals surface area contributed by atoms with Crippen LogP contribution in [0.2, 0.25) is 0 Å². The van der Waals surface area contributed by atoms with E-state index in [0.717, 1.165) is 0 Å². The third-order valence-corrected chi connectivity index (χ3v) is 9.07. The van der Waals surface area contributed by atoms with Gasteiger partial charge in [-0.1, -0.05) is 18.1 Å². The van der Waals surface area contributed by atoms with E-state index in [1.54, 1.807) is 30.3 Å². The molecule has 2 fully saturated rings. The third kappa shape index (κ3) is 5.82. The van der Waals surface area contributed by atoms with Crippen LogP contribution in [0.4, 0.5) is 19.0 Å². The lowest BCUT2D eigenvalue weighted by atomic mass is 9.94. The number of nitrogens with one attached hydrogen (secondary N) is 1. The Morgan fingerprint density at radius 3 is 2.55 bits per heavy atom. The van der Waals surface area contributed by atoms with Gasteiger partial charge in [0, 0.05) is 29.3 Å². The number of hydrogen-bond donors (Lipinski definition) is 2. The SMILES string of the molecule is C#Cc1c[nH]c(=O)c(C2CCS(=O)(=O)CC2)c1.O=C(O)[C@@H]1CCCN1c1nc(C(F)(F)F)nc2c1oc1ccccc12. The van der Waals surface area contributed by atoms with E-state index < -0.39 is 33.8 Å². The number of rotatable bonds is 3. The largest absolute Gasteiger partial charge is 0.480 e. The summed E-state index contributed by atoms with van der Waals surface area (Å²) in [5.41, 5.74) is 1.53. The number of nitrogens with zero attached hydrogens (tertiary/aromatic N) is 3. The van der Waals surface area contributed by atoms with Gasteiger partial charge in [0.1, 0.15) is 27.0 Å². The highest BCUT2D eigenvalue weighted by Gasteiger charge is 2.39. The van der Waals surface area contributed by atoms with Gasteiger partial charge in [-0.25, -0.2) is 23.2 Å². The van der Waals surface area contributed by atoms with Crippen molar-refractivity contribution in [2.75, 3.05) is 23.0 Å². The third-order valence-electron chi connectivity index (χ3n) is 7.36. The molecule has 0 unspecified atom stereocenters. The molecule has 1 aromatic carbocycles. The number of H-pyrrole nitrogens is 1. The molecule has 14 heteroatoms. The highest BCUT2D eigenvalue weighted by Crippen LogP contribution is 2.38. The van der Waals surface area contributed by atoms with Gasteiger partial charge in [0.05, 0.1) is 11.5 Å². The molecule has 0 spiro atoms. The van der Waals surface area contributed by atoms with Crippen LogP contribution >= 0.6 is 0 Å². The molecule has 2 N–H and O–H groups in total. The summed E-state index contributed by atoms with van der Waals surface area (Å²) in [4.78, 5) is 34.3. The highest BCUT2D eigenvalue weighted by atomic mass is 32.2. The minimum atomic E-state index is -4.75. The van der Waals surface area contributed by atoms with Crippen molar-refractivity contribution in [1.29, 1.82) is 0 Å². The van der Waals surface area contributed by atoms with Gasteiger partial charge in [0.2, 0.25) is 5.82 Å². The molecule has 0 amide bonds. The van der Waals surface area contributed by atoms with Crippen LogP contribution in [-0.2, 0) is 20.8 Å². The Kier molecular flexibility index (Phi) is 7.72. The van der Waals surface area contributed by atoms with E-state index in [0.29, 0.717) is 47.8 Å². The number of fused-ring (bicyclic) bond motifs is 3. The second-order valence-corrected chi connectivity index (χ2v) is 12.4. The Labute approximate surface area is 237 Å². The van der Waals surface area contributed by atoms with E-state index in [1.807, 2.05) is 0 Å². The number of carboxylic acids is 1. The number of sulfone groups is 1. The molecule has 0 radical (unpaired) electrons. The molecular formula is C28H25F3N4O6S. The number of aromatic nitrogens is 3. The molecule has 3 aromatic heterocycles. The molecule has 42 heavy (non-hydrogen) atoms. The monoisotopic (exact) mass is 602 g/mol. The van der Waals surface area contributed by atoms with Crippen LogP contribution in [0.3, 0.4) is 0 Å². The number of aromatic amines is 1. The number of benzene rings is 1. The number of carbonyl (C=O) groups is 1. The number of halogens is 3. The minimum Gasteiger partial charge on any atom is -0.480 e. The summed E-state index contributed by atoms with van der Waals surface area (Å²) < 4.78 is 68.1. The Balaban J connectivity index is 0.000000181. The predicted octanol–water partition coefficient (Wildman–Crippen LogP) is 4.10.